The first-order chi connectivity index (χ1) is 14.9. The second-order valence-electron chi connectivity index (χ2n) is 7.18. The zero-order chi connectivity index (χ0) is 21.8. The molecule has 0 aliphatic carbocycles. The van der Waals surface area contributed by atoms with Crippen molar-refractivity contribution >= 4 is 23.5 Å². The predicted molar refractivity (Wildman–Crippen MR) is 117 cm³/mol. The molecule has 0 atom stereocenters. The molecule has 0 radical (unpaired) electrons. The zero-order valence-corrected chi connectivity index (χ0v) is 17.9. The van der Waals surface area contributed by atoms with Crippen molar-refractivity contribution in [3.63, 3.8) is 0 Å². The fraction of sp³-hybridized carbons (Fsp3) is 0.182. The van der Waals surface area contributed by atoms with Gasteiger partial charge in [0.2, 0.25) is 5.95 Å². The summed E-state index contributed by atoms with van der Waals surface area (Å²) in [5.41, 5.74) is 3.52. The maximum Gasteiger partial charge on any atom is 0.278 e. The SMILES string of the molecule is Cc1cc(C)cc(OCn2ccc(C(=O)Nc3ncn(Cc4ccc(Cl)cc4)n3)n2)c1. The summed E-state index contributed by atoms with van der Waals surface area (Å²) in [5.74, 6) is 0.573. The van der Waals surface area contributed by atoms with Crippen molar-refractivity contribution in [2.45, 2.75) is 27.1 Å². The van der Waals surface area contributed by atoms with E-state index >= 15 is 0 Å². The summed E-state index contributed by atoms with van der Waals surface area (Å²) < 4.78 is 8.95. The van der Waals surface area contributed by atoms with Crippen molar-refractivity contribution in [2.75, 3.05) is 5.32 Å². The smallest absolute Gasteiger partial charge is 0.278 e. The number of nitrogens with zero attached hydrogens (tertiary/aromatic N) is 5. The molecule has 0 unspecified atom stereocenters. The minimum Gasteiger partial charge on any atom is -0.471 e. The number of hydrogen-bond acceptors (Lipinski definition) is 5. The normalized spacial score (nSPS) is 10.8. The first-order valence-corrected chi connectivity index (χ1v) is 10.0. The second-order valence-corrected chi connectivity index (χ2v) is 7.62. The molecule has 4 aromatic rings. The summed E-state index contributed by atoms with van der Waals surface area (Å²) in [6, 6.07) is 15.1. The lowest BCUT2D eigenvalue weighted by molar-refractivity contribution is 0.101. The Morgan fingerprint density at radius 1 is 1.03 bits per heavy atom. The van der Waals surface area contributed by atoms with Crippen molar-refractivity contribution in [3.8, 4) is 5.75 Å². The number of benzene rings is 2. The Kier molecular flexibility index (Phi) is 5.99. The highest BCUT2D eigenvalue weighted by Crippen LogP contribution is 2.16. The highest BCUT2D eigenvalue weighted by atomic mass is 35.5. The number of hydrogen-bond donors (Lipinski definition) is 1. The van der Waals surface area contributed by atoms with Crippen LogP contribution in [0.4, 0.5) is 5.95 Å². The molecule has 0 bridgehead atoms. The van der Waals surface area contributed by atoms with Gasteiger partial charge in [-0.25, -0.2) is 14.3 Å². The van der Waals surface area contributed by atoms with E-state index < -0.39 is 5.91 Å². The molecule has 1 amide bonds. The Hall–Kier alpha value is -3.65. The molecule has 1 N–H and O–H groups in total. The fourth-order valence-electron chi connectivity index (χ4n) is 3.08. The summed E-state index contributed by atoms with van der Waals surface area (Å²) in [5, 5.41) is 11.9. The molecular formula is C22H21ClN6O2. The van der Waals surface area contributed by atoms with Crippen molar-refractivity contribution in [3.05, 3.63) is 88.5 Å². The molecule has 2 aromatic carbocycles. The minimum absolute atomic E-state index is 0.199. The summed E-state index contributed by atoms with van der Waals surface area (Å²) >= 11 is 5.90. The van der Waals surface area contributed by atoms with E-state index in [9.17, 15) is 4.79 Å². The van der Waals surface area contributed by atoms with Gasteiger partial charge in [0.1, 0.15) is 12.1 Å². The number of ether oxygens (including phenoxy) is 1. The Bertz CT molecular complexity index is 1180. The zero-order valence-electron chi connectivity index (χ0n) is 17.1. The Morgan fingerprint density at radius 2 is 1.77 bits per heavy atom. The van der Waals surface area contributed by atoms with Crippen molar-refractivity contribution in [1.29, 1.82) is 0 Å². The lowest BCUT2D eigenvalue weighted by atomic mass is 10.1. The Labute approximate surface area is 184 Å². The van der Waals surface area contributed by atoms with Gasteiger partial charge in [0.25, 0.3) is 5.91 Å². The molecule has 0 aliphatic heterocycles. The average Bonchev–Trinajstić information content (AvgIpc) is 3.37. The van der Waals surface area contributed by atoms with E-state index in [0.29, 0.717) is 11.6 Å². The monoisotopic (exact) mass is 436 g/mol. The van der Waals surface area contributed by atoms with Crippen LogP contribution in [0.1, 0.15) is 27.2 Å². The number of nitrogens with one attached hydrogen (secondary N) is 1. The molecule has 2 aromatic heterocycles. The molecule has 9 heteroatoms. The van der Waals surface area contributed by atoms with Crippen LogP contribution in [0.25, 0.3) is 0 Å². The van der Waals surface area contributed by atoms with Crippen molar-refractivity contribution < 1.29 is 9.53 Å². The predicted octanol–water partition coefficient (Wildman–Crippen LogP) is 4.08. The van der Waals surface area contributed by atoms with Crippen LogP contribution in [-0.2, 0) is 13.3 Å². The highest BCUT2D eigenvalue weighted by molar-refractivity contribution is 6.30. The standard InChI is InChI=1S/C22H21ClN6O2/c1-15-9-16(2)11-19(10-15)31-14-28-8-7-20(26-28)21(30)25-22-24-13-29(27-22)12-17-3-5-18(23)6-4-17/h3-11,13H,12,14H2,1-2H3,(H,25,27,30). The van der Waals surface area contributed by atoms with E-state index in [1.807, 2.05) is 50.2 Å². The number of amides is 1. The molecule has 8 nitrogen and oxygen atoms in total. The molecule has 0 aliphatic rings. The molecule has 0 saturated carbocycles. The van der Waals surface area contributed by atoms with E-state index in [-0.39, 0.29) is 18.4 Å². The number of rotatable bonds is 7. The number of aromatic nitrogens is 5. The number of anilines is 1. The van der Waals surface area contributed by atoms with Crippen LogP contribution in [0.15, 0.2) is 61.1 Å². The third-order valence-electron chi connectivity index (χ3n) is 4.45. The molecule has 158 valence electrons. The first-order valence-electron chi connectivity index (χ1n) is 9.64. The van der Waals surface area contributed by atoms with Gasteiger partial charge in [-0.2, -0.15) is 5.10 Å². The molecule has 0 saturated heterocycles. The Balaban J connectivity index is 1.33. The van der Waals surface area contributed by atoms with Gasteiger partial charge in [0, 0.05) is 11.2 Å². The number of carbonyl (C=O) groups is 1. The van der Waals surface area contributed by atoms with Gasteiger partial charge in [-0.1, -0.05) is 29.8 Å². The maximum absolute atomic E-state index is 12.5. The third-order valence-corrected chi connectivity index (χ3v) is 4.70. The van der Waals surface area contributed by atoms with Crippen LogP contribution in [0.2, 0.25) is 5.02 Å². The summed E-state index contributed by atoms with van der Waals surface area (Å²) in [4.78, 5) is 16.6. The second kappa shape index (κ2) is 9.01. The lowest BCUT2D eigenvalue weighted by Crippen LogP contribution is -2.15. The van der Waals surface area contributed by atoms with Gasteiger partial charge in [-0.05, 0) is 60.9 Å². The molecule has 31 heavy (non-hydrogen) atoms. The minimum atomic E-state index is -0.394. The van der Waals surface area contributed by atoms with Crippen LogP contribution < -0.4 is 10.1 Å². The third kappa shape index (κ3) is 5.49. The summed E-state index contributed by atoms with van der Waals surface area (Å²) in [7, 11) is 0. The number of halogens is 1. The average molecular weight is 437 g/mol. The van der Waals surface area contributed by atoms with E-state index in [1.165, 1.54) is 0 Å². The fourth-order valence-corrected chi connectivity index (χ4v) is 3.21. The lowest BCUT2D eigenvalue weighted by Gasteiger charge is -2.08. The topological polar surface area (TPSA) is 86.9 Å². The van der Waals surface area contributed by atoms with Crippen LogP contribution in [-0.4, -0.2) is 30.5 Å². The van der Waals surface area contributed by atoms with E-state index in [1.54, 1.807) is 28.0 Å². The molecule has 2 heterocycles. The van der Waals surface area contributed by atoms with Crippen molar-refractivity contribution in [1.82, 2.24) is 24.5 Å². The molecule has 0 spiro atoms. The first kappa shape index (κ1) is 20.6. The van der Waals surface area contributed by atoms with Crippen LogP contribution in [0, 0.1) is 13.8 Å². The summed E-state index contributed by atoms with van der Waals surface area (Å²) in [6.45, 7) is 4.75. The van der Waals surface area contributed by atoms with Gasteiger partial charge < -0.3 is 4.74 Å². The van der Waals surface area contributed by atoms with E-state index in [0.717, 1.165) is 22.4 Å². The van der Waals surface area contributed by atoms with Gasteiger partial charge in [0.05, 0.1) is 6.54 Å². The van der Waals surface area contributed by atoms with Crippen LogP contribution in [0.3, 0.4) is 0 Å². The van der Waals surface area contributed by atoms with E-state index in [2.05, 4.69) is 26.6 Å². The van der Waals surface area contributed by atoms with Gasteiger partial charge in [-0.15, -0.1) is 5.10 Å². The van der Waals surface area contributed by atoms with Crippen LogP contribution in [0.5, 0.6) is 5.75 Å². The van der Waals surface area contributed by atoms with Crippen molar-refractivity contribution in [2.24, 2.45) is 0 Å². The quantitative estimate of drug-likeness (QED) is 0.471. The van der Waals surface area contributed by atoms with Gasteiger partial charge in [-0.3, -0.25) is 10.1 Å². The largest absolute Gasteiger partial charge is 0.471 e. The highest BCUT2D eigenvalue weighted by Gasteiger charge is 2.13. The van der Waals surface area contributed by atoms with Gasteiger partial charge >= 0.3 is 0 Å². The summed E-state index contributed by atoms with van der Waals surface area (Å²) in [6.07, 6.45) is 3.24. The molecule has 4 rings (SSSR count). The molecule has 0 fully saturated rings. The number of carbonyl (C=O) groups excluding carboxylic acids is 1. The van der Waals surface area contributed by atoms with Gasteiger partial charge in [0.15, 0.2) is 12.4 Å². The number of aryl methyl sites for hydroxylation is 2. The van der Waals surface area contributed by atoms with E-state index in [4.69, 9.17) is 16.3 Å². The Morgan fingerprint density at radius 3 is 2.52 bits per heavy atom. The van der Waals surface area contributed by atoms with Crippen LogP contribution >= 0.6 is 11.6 Å². The molecular weight excluding hydrogens is 416 g/mol. The maximum atomic E-state index is 12.5.